The number of aliphatic carboxylic acids is 1. The van der Waals surface area contributed by atoms with Gasteiger partial charge in [-0.3, -0.25) is 0 Å². The van der Waals surface area contributed by atoms with Crippen LogP contribution in [0.3, 0.4) is 0 Å². The van der Waals surface area contributed by atoms with E-state index in [9.17, 15) is 9.90 Å². The lowest BCUT2D eigenvalue weighted by atomic mass is 9.99. The second-order valence-electron chi connectivity index (χ2n) is 2.74. The van der Waals surface area contributed by atoms with E-state index in [1.54, 1.807) is 0 Å². The lowest BCUT2D eigenvalue weighted by molar-refractivity contribution is -0.345. The maximum absolute atomic E-state index is 10.3. The highest BCUT2D eigenvalue weighted by molar-refractivity contribution is 5.71. The van der Waals surface area contributed by atoms with Gasteiger partial charge in [-0.25, -0.2) is 0 Å². The van der Waals surface area contributed by atoms with Crippen molar-refractivity contribution in [3.8, 4) is 0 Å². The van der Waals surface area contributed by atoms with E-state index in [1.165, 1.54) is 0 Å². The van der Waals surface area contributed by atoms with Gasteiger partial charge in [-0.2, -0.15) is 0 Å². The minimum Gasteiger partial charge on any atom is -0.547 e. The molecule has 0 bridgehead atoms. The Hall–Kier alpha value is -0.730. The fourth-order valence-corrected chi connectivity index (χ4v) is 1.06. The molecule has 1 aliphatic rings. The molecule has 0 aromatic rings. The SMILES string of the molecule is O=C([O-])[C@H]1O[C@@H](O)[C@@H](O)[C@H](O)[C@H]1O. The van der Waals surface area contributed by atoms with Crippen LogP contribution in [0.25, 0.3) is 0 Å². The number of hydrogen-bond acceptors (Lipinski definition) is 7. The van der Waals surface area contributed by atoms with E-state index < -0.39 is 36.7 Å². The van der Waals surface area contributed by atoms with E-state index >= 15 is 0 Å². The first-order chi connectivity index (χ1) is 5.95. The molecule has 0 unspecified atom stereocenters. The zero-order valence-corrected chi connectivity index (χ0v) is 6.40. The summed E-state index contributed by atoms with van der Waals surface area (Å²) in [6, 6.07) is 0. The van der Waals surface area contributed by atoms with E-state index in [-0.39, 0.29) is 0 Å². The molecule has 7 heteroatoms. The van der Waals surface area contributed by atoms with Gasteiger partial charge in [-0.15, -0.1) is 0 Å². The van der Waals surface area contributed by atoms with Crippen LogP contribution in [0.4, 0.5) is 0 Å². The first-order valence-corrected chi connectivity index (χ1v) is 3.53. The second kappa shape index (κ2) is 3.56. The van der Waals surface area contributed by atoms with Crippen LogP contribution < -0.4 is 5.11 Å². The molecular formula is C6H9O7-. The van der Waals surface area contributed by atoms with Crippen LogP contribution in [0, 0.1) is 0 Å². The van der Waals surface area contributed by atoms with Gasteiger partial charge in [0.05, 0.1) is 5.97 Å². The molecule has 4 N–H and O–H groups in total. The Morgan fingerprint density at radius 2 is 1.62 bits per heavy atom. The number of aliphatic hydroxyl groups is 4. The Labute approximate surface area is 72.8 Å². The van der Waals surface area contributed by atoms with Crippen LogP contribution in [0.15, 0.2) is 0 Å². The van der Waals surface area contributed by atoms with Gasteiger partial charge in [0, 0.05) is 0 Å². The molecule has 13 heavy (non-hydrogen) atoms. The van der Waals surface area contributed by atoms with Crippen LogP contribution in [-0.2, 0) is 9.53 Å². The van der Waals surface area contributed by atoms with Crippen LogP contribution in [0.5, 0.6) is 0 Å². The zero-order valence-electron chi connectivity index (χ0n) is 6.40. The number of carbonyl (C=O) groups is 1. The Kier molecular flexibility index (Phi) is 2.84. The van der Waals surface area contributed by atoms with Crippen molar-refractivity contribution < 1.29 is 35.1 Å². The van der Waals surface area contributed by atoms with Crippen molar-refractivity contribution in [2.45, 2.75) is 30.7 Å². The highest BCUT2D eigenvalue weighted by Crippen LogP contribution is 2.19. The Bertz CT molecular complexity index is 205. The molecule has 1 rings (SSSR count). The molecule has 5 atom stereocenters. The summed E-state index contributed by atoms with van der Waals surface area (Å²) in [6.07, 6.45) is -9.00. The number of ether oxygens (including phenoxy) is 1. The fraction of sp³-hybridized carbons (Fsp3) is 0.833. The molecule has 0 aromatic carbocycles. The quantitative estimate of drug-likeness (QED) is 0.330. The van der Waals surface area contributed by atoms with Crippen molar-refractivity contribution in [1.29, 1.82) is 0 Å². The summed E-state index contributed by atoms with van der Waals surface area (Å²) in [5.41, 5.74) is 0. The molecule has 1 aliphatic heterocycles. The molecule has 0 saturated carbocycles. The molecule has 0 amide bonds. The lowest BCUT2D eigenvalue weighted by Crippen LogP contribution is -2.62. The number of carbonyl (C=O) groups excluding carboxylic acids is 1. The van der Waals surface area contributed by atoms with Crippen molar-refractivity contribution in [2.24, 2.45) is 0 Å². The predicted octanol–water partition coefficient (Wildman–Crippen LogP) is -4.46. The summed E-state index contributed by atoms with van der Waals surface area (Å²) in [4.78, 5) is 10.3. The van der Waals surface area contributed by atoms with Crippen molar-refractivity contribution in [3.63, 3.8) is 0 Å². The van der Waals surface area contributed by atoms with Gasteiger partial charge in [0.25, 0.3) is 0 Å². The minimum atomic E-state index is -1.85. The number of rotatable bonds is 1. The number of aliphatic hydroxyl groups excluding tert-OH is 4. The molecule has 1 fully saturated rings. The Balaban J connectivity index is 2.76. The van der Waals surface area contributed by atoms with Gasteiger partial charge in [0.2, 0.25) is 0 Å². The zero-order chi connectivity index (χ0) is 10.2. The Morgan fingerprint density at radius 3 is 2.08 bits per heavy atom. The molecule has 1 heterocycles. The summed E-state index contributed by atoms with van der Waals surface area (Å²) >= 11 is 0. The maximum Gasteiger partial charge on any atom is 0.184 e. The van der Waals surface area contributed by atoms with Crippen LogP contribution in [0.1, 0.15) is 0 Å². The van der Waals surface area contributed by atoms with Crippen molar-refractivity contribution >= 4 is 5.97 Å². The van der Waals surface area contributed by atoms with E-state index in [2.05, 4.69) is 4.74 Å². The van der Waals surface area contributed by atoms with E-state index in [0.29, 0.717) is 0 Å². The molecule has 7 nitrogen and oxygen atoms in total. The molecule has 76 valence electrons. The largest absolute Gasteiger partial charge is 0.547 e. The van der Waals surface area contributed by atoms with Gasteiger partial charge in [0.1, 0.15) is 24.4 Å². The molecule has 1 saturated heterocycles. The van der Waals surface area contributed by atoms with E-state index in [0.717, 1.165) is 0 Å². The summed E-state index contributed by atoms with van der Waals surface area (Å²) < 4.78 is 4.28. The van der Waals surface area contributed by atoms with Gasteiger partial charge < -0.3 is 35.1 Å². The highest BCUT2D eigenvalue weighted by Gasteiger charge is 2.43. The summed E-state index contributed by atoms with van der Waals surface area (Å²) in [7, 11) is 0. The molecule has 0 radical (unpaired) electrons. The lowest BCUT2D eigenvalue weighted by Gasteiger charge is -2.38. The third-order valence-electron chi connectivity index (χ3n) is 1.82. The molecule has 0 spiro atoms. The molecule has 0 aliphatic carbocycles. The second-order valence-corrected chi connectivity index (χ2v) is 2.74. The van der Waals surface area contributed by atoms with Crippen LogP contribution >= 0.6 is 0 Å². The van der Waals surface area contributed by atoms with Gasteiger partial charge in [0.15, 0.2) is 6.29 Å². The number of carboxylic acid groups (broad SMARTS) is 1. The van der Waals surface area contributed by atoms with Crippen molar-refractivity contribution in [3.05, 3.63) is 0 Å². The third-order valence-corrected chi connectivity index (χ3v) is 1.82. The topological polar surface area (TPSA) is 130 Å². The highest BCUT2D eigenvalue weighted by atomic mass is 16.6. The van der Waals surface area contributed by atoms with Gasteiger partial charge >= 0.3 is 0 Å². The van der Waals surface area contributed by atoms with Gasteiger partial charge in [-0.1, -0.05) is 0 Å². The third kappa shape index (κ3) is 1.79. The number of carboxylic acids is 1. The fourth-order valence-electron chi connectivity index (χ4n) is 1.06. The number of hydrogen-bond donors (Lipinski definition) is 4. The first kappa shape index (κ1) is 10.4. The normalized spacial score (nSPS) is 46.0. The van der Waals surface area contributed by atoms with Gasteiger partial charge in [-0.05, 0) is 0 Å². The first-order valence-electron chi connectivity index (χ1n) is 3.53. The van der Waals surface area contributed by atoms with Crippen LogP contribution in [0.2, 0.25) is 0 Å². The maximum atomic E-state index is 10.3. The van der Waals surface area contributed by atoms with Crippen LogP contribution in [-0.4, -0.2) is 57.1 Å². The Morgan fingerprint density at radius 1 is 1.08 bits per heavy atom. The standard InChI is InChI=1S/C6H10O7/c7-1-2(8)4(5(10)11)13-6(12)3(1)9/h1-4,6-9,12H,(H,10,11)/p-1/t1-,2-,3+,4+,6-/m1/s1. The summed E-state index contributed by atoms with van der Waals surface area (Å²) in [5.74, 6) is -1.77. The van der Waals surface area contributed by atoms with Crippen molar-refractivity contribution in [1.82, 2.24) is 0 Å². The average molecular weight is 193 g/mol. The minimum absolute atomic E-state index is 1.73. The molecule has 0 aromatic heterocycles. The molecular weight excluding hydrogens is 184 g/mol. The van der Waals surface area contributed by atoms with Crippen molar-refractivity contribution in [2.75, 3.05) is 0 Å². The smallest absolute Gasteiger partial charge is 0.184 e. The predicted molar refractivity (Wildman–Crippen MR) is 33.9 cm³/mol. The monoisotopic (exact) mass is 193 g/mol. The van der Waals surface area contributed by atoms with E-state index in [1.807, 2.05) is 0 Å². The summed E-state index contributed by atoms with van der Waals surface area (Å²) in [5, 5.41) is 46.1. The summed E-state index contributed by atoms with van der Waals surface area (Å²) in [6.45, 7) is 0. The van der Waals surface area contributed by atoms with E-state index in [4.69, 9.17) is 20.4 Å². The average Bonchev–Trinajstić information content (AvgIpc) is 2.07.